The van der Waals surface area contributed by atoms with Gasteiger partial charge in [-0.3, -0.25) is 4.68 Å². The zero-order valence-electron chi connectivity index (χ0n) is 9.57. The molecule has 0 aromatic carbocycles. The number of halogens is 1. The molecule has 0 aliphatic heterocycles. The van der Waals surface area contributed by atoms with Crippen molar-refractivity contribution in [3.63, 3.8) is 0 Å². The second kappa shape index (κ2) is 5.66. The summed E-state index contributed by atoms with van der Waals surface area (Å²) in [6.45, 7) is 7.02. The third kappa shape index (κ3) is 3.31. The lowest BCUT2D eigenvalue weighted by molar-refractivity contribution is 0.175. The highest BCUT2D eigenvalue weighted by atomic mass is 79.9. The first-order chi connectivity index (χ1) is 7.06. The van der Waals surface area contributed by atoms with Crippen molar-refractivity contribution in [2.24, 2.45) is 0 Å². The van der Waals surface area contributed by atoms with E-state index in [0.29, 0.717) is 5.92 Å². The first-order valence-corrected chi connectivity index (χ1v) is 6.24. The highest BCUT2D eigenvalue weighted by molar-refractivity contribution is 9.10. The van der Waals surface area contributed by atoms with Gasteiger partial charge in [0.25, 0.3) is 0 Å². The minimum Gasteiger partial charge on any atom is -0.393 e. The Hall–Kier alpha value is -0.350. The number of aromatic nitrogens is 2. The summed E-state index contributed by atoms with van der Waals surface area (Å²) in [5, 5.41) is 13.7. The predicted molar refractivity (Wildman–Crippen MR) is 64.9 cm³/mol. The van der Waals surface area contributed by atoms with Crippen LogP contribution in [0.5, 0.6) is 0 Å². The first kappa shape index (κ1) is 12.7. The zero-order chi connectivity index (χ0) is 11.4. The summed E-state index contributed by atoms with van der Waals surface area (Å²) >= 11 is 3.51. The standard InChI is InChI=1S/C11H19BrN2O/c1-4-5-14-11(10(12)7-13-14)8(2)6-9(3)15/h7-9,15H,4-6H2,1-3H3. The molecule has 0 aliphatic carbocycles. The highest BCUT2D eigenvalue weighted by Gasteiger charge is 2.17. The van der Waals surface area contributed by atoms with Crippen molar-refractivity contribution in [2.75, 3.05) is 0 Å². The van der Waals surface area contributed by atoms with E-state index in [1.165, 1.54) is 5.69 Å². The molecule has 4 heteroatoms. The second-order valence-corrected chi connectivity index (χ2v) is 4.94. The number of hydrogen-bond acceptors (Lipinski definition) is 2. The van der Waals surface area contributed by atoms with E-state index < -0.39 is 0 Å². The fourth-order valence-electron chi connectivity index (χ4n) is 1.88. The molecule has 2 atom stereocenters. The Bertz CT molecular complexity index is 310. The quantitative estimate of drug-likeness (QED) is 0.897. The van der Waals surface area contributed by atoms with E-state index in [-0.39, 0.29) is 6.10 Å². The van der Waals surface area contributed by atoms with Crippen LogP contribution in [0, 0.1) is 0 Å². The fraction of sp³-hybridized carbons (Fsp3) is 0.727. The molecule has 0 bridgehead atoms. The minimum atomic E-state index is -0.267. The Morgan fingerprint density at radius 3 is 2.73 bits per heavy atom. The summed E-state index contributed by atoms with van der Waals surface area (Å²) in [4.78, 5) is 0. The van der Waals surface area contributed by atoms with Gasteiger partial charge in [-0.25, -0.2) is 0 Å². The normalized spacial score (nSPS) is 15.3. The smallest absolute Gasteiger partial charge is 0.0635 e. The molecule has 15 heavy (non-hydrogen) atoms. The molecule has 1 rings (SSSR count). The predicted octanol–water partition coefficient (Wildman–Crippen LogP) is 2.93. The van der Waals surface area contributed by atoms with Crippen molar-refractivity contribution in [2.45, 2.75) is 52.2 Å². The van der Waals surface area contributed by atoms with Crippen molar-refractivity contribution in [3.05, 3.63) is 16.4 Å². The molecule has 0 radical (unpaired) electrons. The number of aryl methyl sites for hydroxylation is 1. The van der Waals surface area contributed by atoms with Crippen LogP contribution in [-0.2, 0) is 6.54 Å². The molecular formula is C11H19BrN2O. The maximum absolute atomic E-state index is 9.39. The molecule has 0 saturated heterocycles. The van der Waals surface area contributed by atoms with E-state index in [1.54, 1.807) is 0 Å². The van der Waals surface area contributed by atoms with E-state index in [2.05, 4.69) is 34.9 Å². The third-order valence-corrected chi connectivity index (χ3v) is 3.04. The Balaban J connectivity index is 2.85. The van der Waals surface area contributed by atoms with Crippen LogP contribution in [0.3, 0.4) is 0 Å². The number of hydrogen-bond donors (Lipinski definition) is 1. The molecule has 1 aromatic rings. The van der Waals surface area contributed by atoms with Crippen molar-refractivity contribution in [1.29, 1.82) is 0 Å². The Labute approximate surface area is 99.6 Å². The van der Waals surface area contributed by atoms with Crippen molar-refractivity contribution in [1.82, 2.24) is 9.78 Å². The Kier molecular flexibility index (Phi) is 4.80. The summed E-state index contributed by atoms with van der Waals surface area (Å²) in [6, 6.07) is 0. The van der Waals surface area contributed by atoms with Crippen LogP contribution in [0.15, 0.2) is 10.7 Å². The Morgan fingerprint density at radius 2 is 2.20 bits per heavy atom. The SMILES string of the molecule is CCCn1ncc(Br)c1C(C)CC(C)O. The number of aliphatic hydroxyl groups is 1. The lowest BCUT2D eigenvalue weighted by atomic mass is 10.0. The largest absolute Gasteiger partial charge is 0.393 e. The molecule has 1 N–H and O–H groups in total. The van der Waals surface area contributed by atoms with Gasteiger partial charge in [0.2, 0.25) is 0 Å². The van der Waals surface area contributed by atoms with Crippen LogP contribution in [0.2, 0.25) is 0 Å². The molecular weight excluding hydrogens is 256 g/mol. The second-order valence-electron chi connectivity index (χ2n) is 4.09. The van der Waals surface area contributed by atoms with Gasteiger partial charge in [-0.05, 0) is 35.7 Å². The molecule has 0 fully saturated rings. The lowest BCUT2D eigenvalue weighted by Gasteiger charge is -2.16. The molecule has 1 heterocycles. The maximum atomic E-state index is 9.39. The van der Waals surface area contributed by atoms with E-state index in [0.717, 1.165) is 23.9 Å². The molecule has 86 valence electrons. The van der Waals surface area contributed by atoms with Crippen LogP contribution in [0.25, 0.3) is 0 Å². The highest BCUT2D eigenvalue weighted by Crippen LogP contribution is 2.28. The average Bonchev–Trinajstić information content (AvgIpc) is 2.46. The van der Waals surface area contributed by atoms with Gasteiger partial charge in [0.05, 0.1) is 22.5 Å². The number of aliphatic hydroxyl groups excluding tert-OH is 1. The average molecular weight is 275 g/mol. The molecule has 1 aromatic heterocycles. The van der Waals surface area contributed by atoms with Gasteiger partial charge in [-0.2, -0.15) is 5.10 Å². The summed E-state index contributed by atoms with van der Waals surface area (Å²) in [5.41, 5.74) is 1.19. The third-order valence-electron chi connectivity index (χ3n) is 2.43. The van der Waals surface area contributed by atoms with Gasteiger partial charge < -0.3 is 5.11 Å². The van der Waals surface area contributed by atoms with Gasteiger partial charge in [0.15, 0.2) is 0 Å². The van der Waals surface area contributed by atoms with E-state index >= 15 is 0 Å². The number of nitrogens with zero attached hydrogens (tertiary/aromatic N) is 2. The first-order valence-electron chi connectivity index (χ1n) is 5.45. The molecule has 2 unspecified atom stereocenters. The Morgan fingerprint density at radius 1 is 1.53 bits per heavy atom. The monoisotopic (exact) mass is 274 g/mol. The van der Waals surface area contributed by atoms with Gasteiger partial charge >= 0.3 is 0 Å². The van der Waals surface area contributed by atoms with Gasteiger partial charge in [-0.1, -0.05) is 13.8 Å². The molecule has 0 spiro atoms. The number of rotatable bonds is 5. The molecule has 0 saturated carbocycles. The topological polar surface area (TPSA) is 38.0 Å². The lowest BCUT2D eigenvalue weighted by Crippen LogP contribution is -2.12. The van der Waals surface area contributed by atoms with Crippen LogP contribution >= 0.6 is 15.9 Å². The summed E-state index contributed by atoms with van der Waals surface area (Å²) in [6.07, 6.45) is 3.41. The van der Waals surface area contributed by atoms with Crippen molar-refractivity contribution in [3.8, 4) is 0 Å². The van der Waals surface area contributed by atoms with Crippen molar-refractivity contribution < 1.29 is 5.11 Å². The molecule has 0 amide bonds. The van der Waals surface area contributed by atoms with Gasteiger partial charge in [0, 0.05) is 12.5 Å². The van der Waals surface area contributed by atoms with E-state index in [9.17, 15) is 5.11 Å². The minimum absolute atomic E-state index is 0.267. The van der Waals surface area contributed by atoms with E-state index in [1.807, 2.05) is 17.8 Å². The summed E-state index contributed by atoms with van der Waals surface area (Å²) < 4.78 is 3.07. The van der Waals surface area contributed by atoms with Gasteiger partial charge in [-0.15, -0.1) is 0 Å². The molecule has 0 aliphatic rings. The van der Waals surface area contributed by atoms with Crippen LogP contribution in [-0.4, -0.2) is 21.0 Å². The summed E-state index contributed by atoms with van der Waals surface area (Å²) in [7, 11) is 0. The van der Waals surface area contributed by atoms with Crippen LogP contribution in [0.4, 0.5) is 0 Å². The fourth-order valence-corrected chi connectivity index (χ4v) is 2.56. The van der Waals surface area contributed by atoms with Crippen LogP contribution in [0.1, 0.15) is 45.2 Å². The van der Waals surface area contributed by atoms with Crippen LogP contribution < -0.4 is 0 Å². The van der Waals surface area contributed by atoms with Crippen molar-refractivity contribution >= 4 is 15.9 Å². The summed E-state index contributed by atoms with van der Waals surface area (Å²) in [5.74, 6) is 0.327. The zero-order valence-corrected chi connectivity index (χ0v) is 11.2. The van der Waals surface area contributed by atoms with Gasteiger partial charge in [0.1, 0.15) is 0 Å². The maximum Gasteiger partial charge on any atom is 0.0635 e. The van der Waals surface area contributed by atoms with E-state index in [4.69, 9.17) is 0 Å². The molecule has 3 nitrogen and oxygen atoms in total.